The number of ether oxygens (including phenoxy) is 1. The predicted octanol–water partition coefficient (Wildman–Crippen LogP) is 4.01. The van der Waals surface area contributed by atoms with Crippen LogP contribution in [0.4, 0.5) is 10.1 Å². The number of nitrogens with zero attached hydrogens (tertiary/aromatic N) is 1. The van der Waals surface area contributed by atoms with Crippen molar-refractivity contribution in [3.8, 4) is 5.75 Å². The first-order valence-corrected chi connectivity index (χ1v) is 10.3. The first-order chi connectivity index (χ1) is 14.4. The van der Waals surface area contributed by atoms with Gasteiger partial charge in [-0.3, -0.25) is 9.59 Å². The molecule has 0 saturated heterocycles. The summed E-state index contributed by atoms with van der Waals surface area (Å²) in [5.41, 5.74) is 2.28. The average Bonchev–Trinajstić information content (AvgIpc) is 2.72. The molecule has 0 spiro atoms. The van der Waals surface area contributed by atoms with Gasteiger partial charge in [-0.15, -0.1) is 0 Å². The lowest BCUT2D eigenvalue weighted by Gasteiger charge is -2.09. The number of aryl methyl sites for hydroxylation is 2. The summed E-state index contributed by atoms with van der Waals surface area (Å²) in [6.45, 7) is 3.34. The molecule has 8 heteroatoms. The van der Waals surface area contributed by atoms with Crippen molar-refractivity contribution in [1.82, 2.24) is 9.97 Å². The van der Waals surface area contributed by atoms with Gasteiger partial charge < -0.3 is 15.0 Å². The lowest BCUT2D eigenvalue weighted by molar-refractivity contribution is -0.115. The molecule has 1 aromatic heterocycles. The molecule has 30 heavy (non-hydrogen) atoms. The average molecular weight is 428 g/mol. The van der Waals surface area contributed by atoms with Crippen LogP contribution in [0.15, 0.2) is 52.4 Å². The van der Waals surface area contributed by atoms with Crippen LogP contribution in [-0.2, 0) is 17.0 Å². The molecule has 3 rings (SSSR count). The molecule has 0 atom stereocenters. The Hall–Kier alpha value is -3.13. The van der Waals surface area contributed by atoms with E-state index in [1.807, 2.05) is 24.3 Å². The highest BCUT2D eigenvalue weighted by Crippen LogP contribution is 2.22. The number of aromatic nitrogens is 2. The number of amides is 1. The van der Waals surface area contributed by atoms with Crippen LogP contribution in [0.25, 0.3) is 0 Å². The van der Waals surface area contributed by atoms with Crippen LogP contribution in [0, 0.1) is 19.7 Å². The number of rotatable bonds is 7. The predicted molar refractivity (Wildman–Crippen MR) is 116 cm³/mol. The number of aromatic amines is 1. The van der Waals surface area contributed by atoms with E-state index in [1.54, 1.807) is 33.1 Å². The Labute approximate surface area is 177 Å². The highest BCUT2D eigenvalue weighted by atomic mass is 32.2. The number of H-pyrrole nitrogens is 1. The molecular weight excluding hydrogens is 405 g/mol. The van der Waals surface area contributed by atoms with Crippen molar-refractivity contribution in [2.24, 2.45) is 0 Å². The molecule has 0 aliphatic carbocycles. The van der Waals surface area contributed by atoms with Gasteiger partial charge in [0.05, 0.1) is 13.5 Å². The summed E-state index contributed by atoms with van der Waals surface area (Å²) >= 11 is 1.39. The first kappa shape index (κ1) is 21.6. The first-order valence-electron chi connectivity index (χ1n) is 9.27. The largest absolute Gasteiger partial charge is 0.497 e. The summed E-state index contributed by atoms with van der Waals surface area (Å²) in [5, 5.41) is 3.09. The zero-order chi connectivity index (χ0) is 21.7. The normalized spacial score (nSPS) is 10.7. The fourth-order valence-electron chi connectivity index (χ4n) is 2.81. The van der Waals surface area contributed by atoms with Crippen LogP contribution in [0.1, 0.15) is 22.4 Å². The summed E-state index contributed by atoms with van der Waals surface area (Å²) in [7, 11) is 1.61. The smallest absolute Gasteiger partial charge is 0.255 e. The molecule has 0 aliphatic rings. The topological polar surface area (TPSA) is 84.1 Å². The highest BCUT2D eigenvalue weighted by molar-refractivity contribution is 7.98. The van der Waals surface area contributed by atoms with E-state index < -0.39 is 11.7 Å². The standard InChI is InChI=1S/C22H22FN3O3S/c1-13-7-8-16(10-19(13)23)25-20(27)11-18-14(2)24-22(26-21(18)28)30-12-15-5-4-6-17(9-15)29-3/h4-10H,11-12H2,1-3H3,(H,25,27)(H,24,26,28). The number of methoxy groups -OCH3 is 1. The van der Waals surface area contributed by atoms with Gasteiger partial charge in [-0.05, 0) is 49.2 Å². The zero-order valence-electron chi connectivity index (χ0n) is 16.9. The molecule has 0 radical (unpaired) electrons. The van der Waals surface area contributed by atoms with Crippen LogP contribution in [-0.4, -0.2) is 23.0 Å². The van der Waals surface area contributed by atoms with Crippen molar-refractivity contribution in [2.45, 2.75) is 31.2 Å². The SMILES string of the molecule is COc1cccc(CSc2nc(C)c(CC(=O)Nc3ccc(C)c(F)c3)c(=O)[nH]2)c1. The van der Waals surface area contributed by atoms with Crippen molar-refractivity contribution < 1.29 is 13.9 Å². The van der Waals surface area contributed by atoms with Crippen molar-refractivity contribution >= 4 is 23.4 Å². The number of halogens is 1. The number of anilines is 1. The highest BCUT2D eigenvalue weighted by Gasteiger charge is 2.14. The number of hydrogen-bond acceptors (Lipinski definition) is 5. The molecule has 0 fully saturated rings. The lowest BCUT2D eigenvalue weighted by Crippen LogP contribution is -2.23. The summed E-state index contributed by atoms with van der Waals surface area (Å²) in [6.07, 6.45) is -0.148. The Kier molecular flexibility index (Phi) is 6.89. The van der Waals surface area contributed by atoms with Crippen LogP contribution in [0.3, 0.4) is 0 Å². The zero-order valence-corrected chi connectivity index (χ0v) is 17.7. The number of carbonyl (C=O) groups excluding carboxylic acids is 1. The lowest BCUT2D eigenvalue weighted by atomic mass is 10.1. The molecule has 1 heterocycles. The minimum Gasteiger partial charge on any atom is -0.497 e. The third-order valence-corrected chi connectivity index (χ3v) is 5.45. The van der Waals surface area contributed by atoms with Gasteiger partial charge in [-0.2, -0.15) is 0 Å². The van der Waals surface area contributed by atoms with E-state index in [-0.39, 0.29) is 17.5 Å². The van der Waals surface area contributed by atoms with Gasteiger partial charge in [-0.25, -0.2) is 9.37 Å². The van der Waals surface area contributed by atoms with Gasteiger partial charge >= 0.3 is 0 Å². The quantitative estimate of drug-likeness (QED) is 0.440. The van der Waals surface area contributed by atoms with E-state index in [9.17, 15) is 14.0 Å². The molecule has 0 saturated carbocycles. The number of carbonyl (C=O) groups is 1. The molecule has 0 unspecified atom stereocenters. The van der Waals surface area contributed by atoms with Gasteiger partial charge in [0.15, 0.2) is 5.16 Å². The maximum Gasteiger partial charge on any atom is 0.255 e. The van der Waals surface area contributed by atoms with Gasteiger partial charge in [0.1, 0.15) is 11.6 Å². The molecule has 0 bridgehead atoms. The van der Waals surface area contributed by atoms with E-state index in [4.69, 9.17) is 4.74 Å². The minimum atomic E-state index is -0.412. The molecule has 1 amide bonds. The van der Waals surface area contributed by atoms with Crippen LogP contribution >= 0.6 is 11.8 Å². The second kappa shape index (κ2) is 9.58. The second-order valence-corrected chi connectivity index (χ2v) is 7.73. The van der Waals surface area contributed by atoms with Crippen LogP contribution in [0.2, 0.25) is 0 Å². The van der Waals surface area contributed by atoms with Crippen molar-refractivity contribution in [1.29, 1.82) is 0 Å². The van der Waals surface area contributed by atoms with Crippen LogP contribution < -0.4 is 15.6 Å². The second-order valence-electron chi connectivity index (χ2n) is 6.76. The summed E-state index contributed by atoms with van der Waals surface area (Å²) in [4.78, 5) is 31.9. The van der Waals surface area contributed by atoms with Gasteiger partial charge in [-0.1, -0.05) is 30.0 Å². The third kappa shape index (κ3) is 5.48. The van der Waals surface area contributed by atoms with Crippen molar-refractivity contribution in [3.63, 3.8) is 0 Å². The Morgan fingerprint density at radius 2 is 2.03 bits per heavy atom. The molecule has 0 aliphatic heterocycles. The van der Waals surface area contributed by atoms with Gasteiger partial charge in [0, 0.05) is 22.7 Å². The van der Waals surface area contributed by atoms with Gasteiger partial charge in [0.25, 0.3) is 5.56 Å². The maximum absolute atomic E-state index is 13.6. The molecule has 3 aromatic rings. The minimum absolute atomic E-state index is 0.148. The van der Waals surface area contributed by atoms with E-state index in [0.717, 1.165) is 11.3 Å². The van der Waals surface area contributed by atoms with E-state index in [0.29, 0.717) is 27.9 Å². The molecule has 6 nitrogen and oxygen atoms in total. The molecule has 2 aromatic carbocycles. The number of benzene rings is 2. The Morgan fingerprint density at radius 1 is 1.23 bits per heavy atom. The number of nitrogens with one attached hydrogen (secondary N) is 2. The monoisotopic (exact) mass is 427 g/mol. The Morgan fingerprint density at radius 3 is 2.73 bits per heavy atom. The van der Waals surface area contributed by atoms with E-state index in [2.05, 4.69) is 15.3 Å². The maximum atomic E-state index is 13.6. The summed E-state index contributed by atoms with van der Waals surface area (Å²) in [5.74, 6) is 0.560. The fourth-order valence-corrected chi connectivity index (χ4v) is 3.66. The Balaban J connectivity index is 1.67. The molecule has 2 N–H and O–H groups in total. The number of thioether (sulfide) groups is 1. The summed E-state index contributed by atoms with van der Waals surface area (Å²) in [6, 6.07) is 12.1. The van der Waals surface area contributed by atoms with Gasteiger partial charge in [0.2, 0.25) is 5.91 Å². The van der Waals surface area contributed by atoms with E-state index in [1.165, 1.54) is 17.8 Å². The fraction of sp³-hybridized carbons (Fsp3) is 0.227. The number of hydrogen-bond donors (Lipinski definition) is 2. The molecule has 156 valence electrons. The van der Waals surface area contributed by atoms with Crippen molar-refractivity contribution in [2.75, 3.05) is 12.4 Å². The van der Waals surface area contributed by atoms with Crippen molar-refractivity contribution in [3.05, 3.63) is 81.0 Å². The van der Waals surface area contributed by atoms with Crippen LogP contribution in [0.5, 0.6) is 5.75 Å². The summed E-state index contributed by atoms with van der Waals surface area (Å²) < 4.78 is 18.9. The molecular formula is C22H22FN3O3S. The Bertz CT molecular complexity index is 1130. The third-order valence-electron chi connectivity index (χ3n) is 4.50. The van der Waals surface area contributed by atoms with E-state index >= 15 is 0 Å².